The third kappa shape index (κ3) is 4.48. The Balaban J connectivity index is 1.93. The van der Waals surface area contributed by atoms with Gasteiger partial charge in [0.25, 0.3) is 5.91 Å². The molecule has 4 nitrogen and oxygen atoms in total. The number of nitrogens with two attached hydrogens (primary N) is 1. The highest BCUT2D eigenvalue weighted by Crippen LogP contribution is 2.19. The molecule has 1 aromatic rings. The van der Waals surface area contributed by atoms with Crippen LogP contribution in [0.5, 0.6) is 0 Å². The van der Waals surface area contributed by atoms with E-state index in [0.717, 1.165) is 31.8 Å². The van der Waals surface area contributed by atoms with Gasteiger partial charge in [-0.2, -0.15) is 0 Å². The third-order valence-electron chi connectivity index (χ3n) is 3.84. The smallest absolute Gasteiger partial charge is 0.263 e. The van der Waals surface area contributed by atoms with Crippen LogP contribution in [0.25, 0.3) is 0 Å². The average Bonchev–Trinajstić information content (AvgIpc) is 2.85. The van der Waals surface area contributed by atoms with Gasteiger partial charge < -0.3 is 5.73 Å². The summed E-state index contributed by atoms with van der Waals surface area (Å²) in [6.07, 6.45) is 0.857. The van der Waals surface area contributed by atoms with Gasteiger partial charge in [-0.25, -0.2) is 4.99 Å². The highest BCUT2D eigenvalue weighted by molar-refractivity contribution is 5.99. The number of nitrogens with zero attached hydrogens (tertiary/aromatic N) is 2. The van der Waals surface area contributed by atoms with E-state index in [1.165, 1.54) is 5.56 Å². The monoisotopic (exact) mass is 287 g/mol. The molecule has 2 rings (SSSR count). The van der Waals surface area contributed by atoms with Gasteiger partial charge in [0.1, 0.15) is 0 Å². The molecule has 0 radical (unpaired) electrons. The Morgan fingerprint density at radius 2 is 2.00 bits per heavy atom. The summed E-state index contributed by atoms with van der Waals surface area (Å²) in [6, 6.07) is 9.82. The quantitative estimate of drug-likeness (QED) is 0.927. The molecule has 1 fully saturated rings. The molecule has 1 atom stereocenters. The summed E-state index contributed by atoms with van der Waals surface area (Å²) in [6.45, 7) is 8.51. The third-order valence-corrected chi connectivity index (χ3v) is 3.84. The predicted octanol–water partition coefficient (Wildman–Crippen LogP) is 2.23. The van der Waals surface area contributed by atoms with Crippen molar-refractivity contribution in [1.29, 1.82) is 0 Å². The van der Waals surface area contributed by atoms with Crippen molar-refractivity contribution in [3.8, 4) is 0 Å². The maximum Gasteiger partial charge on any atom is 0.263 e. The molecule has 4 heteroatoms. The normalized spacial score (nSPS) is 19.9. The van der Waals surface area contributed by atoms with Crippen LogP contribution in [0.1, 0.15) is 32.8 Å². The molecule has 1 aliphatic heterocycles. The van der Waals surface area contributed by atoms with Crippen molar-refractivity contribution in [1.82, 2.24) is 4.90 Å². The summed E-state index contributed by atoms with van der Waals surface area (Å²) < 4.78 is 0. The lowest BCUT2D eigenvalue weighted by Crippen LogP contribution is -2.41. The van der Waals surface area contributed by atoms with E-state index >= 15 is 0 Å². The summed E-state index contributed by atoms with van der Waals surface area (Å²) in [5.41, 5.74) is 7.96. The Bertz CT molecular complexity index is 517. The number of aliphatic imine (C=N–C) groups is 1. The van der Waals surface area contributed by atoms with Crippen molar-refractivity contribution in [2.24, 2.45) is 16.1 Å². The van der Waals surface area contributed by atoms with Crippen molar-refractivity contribution in [2.45, 2.75) is 39.8 Å². The number of carbonyl (C=O) groups excluding carboxylic acids is 1. The van der Waals surface area contributed by atoms with Gasteiger partial charge in [-0.15, -0.1) is 0 Å². The minimum absolute atomic E-state index is 0.195. The lowest BCUT2D eigenvalue weighted by atomic mass is 9.87. The Morgan fingerprint density at radius 1 is 1.33 bits per heavy atom. The minimum Gasteiger partial charge on any atom is -0.319 e. The molecule has 0 aromatic heterocycles. The SMILES string of the molecule is CC(C)(C)[C@H](N)C(=O)N=C1CCN(Cc2ccccc2)C1. The van der Waals surface area contributed by atoms with Crippen LogP contribution in [0.3, 0.4) is 0 Å². The molecular weight excluding hydrogens is 262 g/mol. The molecule has 0 bridgehead atoms. The van der Waals surface area contributed by atoms with Gasteiger partial charge >= 0.3 is 0 Å². The van der Waals surface area contributed by atoms with E-state index in [1.807, 2.05) is 39.0 Å². The first-order valence-electron chi connectivity index (χ1n) is 7.48. The summed E-state index contributed by atoms with van der Waals surface area (Å²) in [7, 11) is 0. The molecule has 2 N–H and O–H groups in total. The van der Waals surface area contributed by atoms with Gasteiger partial charge in [-0.3, -0.25) is 9.69 Å². The highest BCUT2D eigenvalue weighted by atomic mass is 16.1. The molecule has 1 amide bonds. The molecule has 114 valence electrons. The lowest BCUT2D eigenvalue weighted by Gasteiger charge is -2.23. The molecule has 0 saturated carbocycles. The Kier molecular flexibility index (Phi) is 4.91. The van der Waals surface area contributed by atoms with E-state index in [2.05, 4.69) is 22.0 Å². The molecule has 0 unspecified atom stereocenters. The summed E-state index contributed by atoms with van der Waals surface area (Å²) >= 11 is 0. The number of likely N-dealkylation sites (tertiary alicyclic amines) is 1. The van der Waals surface area contributed by atoms with E-state index in [1.54, 1.807) is 0 Å². The van der Waals surface area contributed by atoms with Gasteiger partial charge in [-0.1, -0.05) is 51.1 Å². The van der Waals surface area contributed by atoms with Gasteiger partial charge in [0, 0.05) is 25.3 Å². The lowest BCUT2D eigenvalue weighted by molar-refractivity contribution is -0.121. The zero-order valence-electron chi connectivity index (χ0n) is 13.2. The highest BCUT2D eigenvalue weighted by Gasteiger charge is 2.28. The van der Waals surface area contributed by atoms with Crippen LogP contribution < -0.4 is 5.73 Å². The van der Waals surface area contributed by atoms with Crippen molar-refractivity contribution in [3.63, 3.8) is 0 Å². The molecule has 1 saturated heterocycles. The van der Waals surface area contributed by atoms with Crippen LogP contribution in [-0.4, -0.2) is 35.7 Å². The van der Waals surface area contributed by atoms with Crippen LogP contribution in [0.4, 0.5) is 0 Å². The van der Waals surface area contributed by atoms with Gasteiger partial charge in [0.05, 0.1) is 6.04 Å². The van der Waals surface area contributed by atoms with Crippen LogP contribution in [-0.2, 0) is 11.3 Å². The van der Waals surface area contributed by atoms with Gasteiger partial charge in [-0.05, 0) is 17.4 Å². The Labute approximate surface area is 127 Å². The molecule has 21 heavy (non-hydrogen) atoms. The summed E-state index contributed by atoms with van der Waals surface area (Å²) in [5.74, 6) is -0.195. The van der Waals surface area contributed by atoms with Crippen LogP contribution >= 0.6 is 0 Å². The van der Waals surface area contributed by atoms with E-state index in [-0.39, 0.29) is 11.3 Å². The fraction of sp³-hybridized carbons (Fsp3) is 0.529. The molecular formula is C17H25N3O. The first kappa shape index (κ1) is 15.9. The fourth-order valence-electron chi connectivity index (χ4n) is 2.37. The maximum atomic E-state index is 12.1. The number of benzene rings is 1. The Hall–Kier alpha value is -1.52. The van der Waals surface area contributed by atoms with Crippen molar-refractivity contribution in [3.05, 3.63) is 35.9 Å². The molecule has 1 heterocycles. The summed E-state index contributed by atoms with van der Waals surface area (Å²) in [5, 5.41) is 0. The first-order valence-corrected chi connectivity index (χ1v) is 7.48. The van der Waals surface area contributed by atoms with E-state index in [0.29, 0.717) is 0 Å². The first-order chi connectivity index (χ1) is 9.86. The number of hydrogen-bond acceptors (Lipinski definition) is 3. The number of carbonyl (C=O) groups is 1. The second-order valence-corrected chi connectivity index (χ2v) is 6.81. The molecule has 0 spiro atoms. The second-order valence-electron chi connectivity index (χ2n) is 6.81. The molecule has 1 aliphatic rings. The molecule has 1 aromatic carbocycles. The van der Waals surface area contributed by atoms with Crippen molar-refractivity contribution < 1.29 is 4.79 Å². The standard InChI is InChI=1S/C17H25N3O/c1-17(2,3)15(18)16(21)19-14-9-10-20(12-14)11-13-7-5-4-6-8-13/h4-8,15H,9-12,18H2,1-3H3/t15-/m1/s1. The zero-order chi connectivity index (χ0) is 15.5. The minimum atomic E-state index is -0.534. The van der Waals surface area contributed by atoms with E-state index in [4.69, 9.17) is 5.73 Å². The van der Waals surface area contributed by atoms with Crippen molar-refractivity contribution >= 4 is 11.6 Å². The second kappa shape index (κ2) is 6.50. The zero-order valence-corrected chi connectivity index (χ0v) is 13.2. The van der Waals surface area contributed by atoms with Crippen molar-refractivity contribution in [2.75, 3.05) is 13.1 Å². The van der Waals surface area contributed by atoms with Crippen LogP contribution in [0, 0.1) is 5.41 Å². The fourth-order valence-corrected chi connectivity index (χ4v) is 2.37. The maximum absolute atomic E-state index is 12.1. The largest absolute Gasteiger partial charge is 0.319 e. The van der Waals surface area contributed by atoms with Crippen LogP contribution in [0.2, 0.25) is 0 Å². The number of hydrogen-bond donors (Lipinski definition) is 1. The number of amides is 1. The topological polar surface area (TPSA) is 58.7 Å². The molecule has 0 aliphatic carbocycles. The van der Waals surface area contributed by atoms with E-state index < -0.39 is 6.04 Å². The van der Waals surface area contributed by atoms with E-state index in [9.17, 15) is 4.79 Å². The average molecular weight is 287 g/mol. The van der Waals surface area contributed by atoms with Gasteiger partial charge in [0.2, 0.25) is 0 Å². The van der Waals surface area contributed by atoms with Gasteiger partial charge in [0.15, 0.2) is 0 Å². The summed E-state index contributed by atoms with van der Waals surface area (Å²) in [4.78, 5) is 18.6. The Morgan fingerprint density at radius 3 is 2.62 bits per heavy atom. The predicted molar refractivity (Wildman–Crippen MR) is 86.2 cm³/mol. The number of rotatable bonds is 3. The van der Waals surface area contributed by atoms with Crippen LogP contribution in [0.15, 0.2) is 35.3 Å².